The monoisotopic (exact) mass is 358 g/mol. The molecule has 5 N–H and O–H groups in total. The van der Waals surface area contributed by atoms with E-state index in [1.54, 1.807) is 10.9 Å². The first-order valence-corrected chi connectivity index (χ1v) is 8.54. The van der Waals surface area contributed by atoms with Gasteiger partial charge >= 0.3 is 5.97 Å². The molecule has 0 aliphatic carbocycles. The molecule has 3 heterocycles. The van der Waals surface area contributed by atoms with Crippen LogP contribution in [0.15, 0.2) is 24.5 Å². The van der Waals surface area contributed by atoms with Gasteiger partial charge in [0, 0.05) is 37.9 Å². The molecule has 0 aromatic carbocycles. The lowest BCUT2D eigenvalue weighted by Gasteiger charge is -2.17. The van der Waals surface area contributed by atoms with Crippen molar-refractivity contribution in [2.45, 2.75) is 31.8 Å². The van der Waals surface area contributed by atoms with E-state index in [1.807, 2.05) is 6.07 Å². The van der Waals surface area contributed by atoms with Crippen molar-refractivity contribution in [3.8, 4) is 0 Å². The fraction of sp³-hybridized carbons (Fsp3) is 0.412. The van der Waals surface area contributed by atoms with Gasteiger partial charge in [-0.1, -0.05) is 6.07 Å². The summed E-state index contributed by atoms with van der Waals surface area (Å²) in [7, 11) is 0. The van der Waals surface area contributed by atoms with Gasteiger partial charge < -0.3 is 21.5 Å². The van der Waals surface area contributed by atoms with E-state index in [4.69, 9.17) is 10.8 Å². The van der Waals surface area contributed by atoms with Gasteiger partial charge in [-0.25, -0.2) is 4.98 Å². The minimum atomic E-state index is -1.16. The lowest BCUT2D eigenvalue weighted by atomic mass is 10.1. The Kier molecular flexibility index (Phi) is 5.47. The highest BCUT2D eigenvalue weighted by Gasteiger charge is 2.15. The average Bonchev–Trinajstić information content (AvgIpc) is 3.13. The van der Waals surface area contributed by atoms with Crippen LogP contribution < -0.4 is 16.4 Å². The van der Waals surface area contributed by atoms with E-state index in [-0.39, 0.29) is 6.54 Å². The Morgan fingerprint density at radius 1 is 1.42 bits per heavy atom. The smallest absolute Gasteiger partial charge is 0.322 e. The Labute approximate surface area is 150 Å². The zero-order valence-electron chi connectivity index (χ0n) is 14.3. The van der Waals surface area contributed by atoms with Crippen LogP contribution in [0.2, 0.25) is 0 Å². The fourth-order valence-electron chi connectivity index (χ4n) is 2.73. The number of anilines is 1. The molecule has 0 fully saturated rings. The van der Waals surface area contributed by atoms with E-state index in [9.17, 15) is 9.59 Å². The molecule has 0 spiro atoms. The van der Waals surface area contributed by atoms with Gasteiger partial charge in [0.2, 0.25) is 0 Å². The Balaban J connectivity index is 1.53. The highest BCUT2D eigenvalue weighted by molar-refractivity contribution is 5.94. The average molecular weight is 358 g/mol. The number of pyridine rings is 1. The first-order valence-electron chi connectivity index (χ1n) is 8.54. The third kappa shape index (κ3) is 4.37. The number of carbonyl (C=O) groups excluding carboxylic acids is 1. The second-order valence-electron chi connectivity index (χ2n) is 6.24. The van der Waals surface area contributed by atoms with Crippen molar-refractivity contribution in [3.05, 3.63) is 41.3 Å². The molecule has 1 unspecified atom stereocenters. The lowest BCUT2D eigenvalue weighted by molar-refractivity contribution is -0.138. The van der Waals surface area contributed by atoms with Gasteiger partial charge in [-0.3, -0.25) is 14.3 Å². The molecule has 9 heteroatoms. The maximum Gasteiger partial charge on any atom is 0.322 e. The first kappa shape index (κ1) is 17.9. The Hall–Kier alpha value is -2.94. The molecule has 2 aromatic heterocycles. The van der Waals surface area contributed by atoms with Crippen molar-refractivity contribution in [2.75, 3.05) is 18.4 Å². The van der Waals surface area contributed by atoms with E-state index in [0.717, 1.165) is 30.9 Å². The van der Waals surface area contributed by atoms with Gasteiger partial charge in [-0.05, 0) is 24.5 Å². The van der Waals surface area contributed by atoms with Crippen LogP contribution in [0.1, 0.15) is 28.0 Å². The number of carbonyl (C=O) groups is 2. The number of nitrogens with zero attached hydrogens (tertiary/aromatic N) is 3. The van der Waals surface area contributed by atoms with Crippen molar-refractivity contribution in [1.29, 1.82) is 0 Å². The minimum Gasteiger partial charge on any atom is -0.480 e. The van der Waals surface area contributed by atoms with Crippen LogP contribution in [0.5, 0.6) is 0 Å². The van der Waals surface area contributed by atoms with Gasteiger partial charge in [0.25, 0.3) is 5.91 Å². The van der Waals surface area contributed by atoms with E-state index in [2.05, 4.69) is 26.8 Å². The molecule has 1 aliphatic heterocycles. The number of aromatic nitrogens is 3. The summed E-state index contributed by atoms with van der Waals surface area (Å²) in [5, 5.41) is 18.7. The van der Waals surface area contributed by atoms with Crippen molar-refractivity contribution < 1.29 is 14.7 Å². The van der Waals surface area contributed by atoms with Crippen LogP contribution in [0.4, 0.5) is 5.82 Å². The summed E-state index contributed by atoms with van der Waals surface area (Å²) in [6, 6.07) is 3.01. The van der Waals surface area contributed by atoms with Gasteiger partial charge in [0.05, 0.1) is 11.8 Å². The highest BCUT2D eigenvalue weighted by Crippen LogP contribution is 2.19. The maximum atomic E-state index is 12.0. The molecular weight excluding hydrogens is 336 g/mol. The van der Waals surface area contributed by atoms with Gasteiger partial charge in [0.15, 0.2) is 0 Å². The van der Waals surface area contributed by atoms with Crippen LogP contribution in [0, 0.1) is 0 Å². The van der Waals surface area contributed by atoms with Crippen molar-refractivity contribution in [3.63, 3.8) is 0 Å². The van der Waals surface area contributed by atoms with Crippen LogP contribution >= 0.6 is 0 Å². The number of nitrogens with two attached hydrogens (primary N) is 1. The predicted octanol–water partition coefficient (Wildman–Crippen LogP) is 0.0206. The standard InChI is InChI=1S/C17H22N6O3/c18-14(17(25)26)9-20-16(24)12-8-21-23(10-12)7-5-13-4-3-11-2-1-6-19-15(11)22-13/h3-4,8,10,14H,1-2,5-7,9,18H2,(H,19,22)(H,20,24)(H,25,26). The normalized spacial score (nSPS) is 14.2. The quantitative estimate of drug-likeness (QED) is 0.548. The zero-order valence-corrected chi connectivity index (χ0v) is 14.3. The molecule has 0 saturated heterocycles. The van der Waals surface area contributed by atoms with Crippen LogP contribution in [0.25, 0.3) is 0 Å². The third-order valence-electron chi connectivity index (χ3n) is 4.24. The lowest BCUT2D eigenvalue weighted by Crippen LogP contribution is -2.42. The highest BCUT2D eigenvalue weighted by atomic mass is 16.4. The largest absolute Gasteiger partial charge is 0.480 e. The van der Waals surface area contributed by atoms with Gasteiger partial charge in [-0.2, -0.15) is 5.10 Å². The summed E-state index contributed by atoms with van der Waals surface area (Å²) in [6.45, 7) is 1.41. The third-order valence-corrected chi connectivity index (χ3v) is 4.24. The number of fused-ring (bicyclic) bond motifs is 1. The molecule has 3 rings (SSSR count). The molecule has 0 saturated carbocycles. The summed E-state index contributed by atoms with van der Waals surface area (Å²) >= 11 is 0. The summed E-state index contributed by atoms with van der Waals surface area (Å²) < 4.78 is 1.67. The second kappa shape index (κ2) is 7.96. The van der Waals surface area contributed by atoms with Crippen molar-refractivity contribution in [2.24, 2.45) is 5.73 Å². The number of carboxylic acid groups (broad SMARTS) is 1. The summed E-state index contributed by atoms with van der Waals surface area (Å²) in [4.78, 5) is 27.3. The molecule has 9 nitrogen and oxygen atoms in total. The topological polar surface area (TPSA) is 135 Å². The summed E-state index contributed by atoms with van der Waals surface area (Å²) in [5.41, 5.74) is 7.94. The van der Waals surface area contributed by atoms with E-state index in [0.29, 0.717) is 18.5 Å². The van der Waals surface area contributed by atoms with Crippen molar-refractivity contribution >= 4 is 17.7 Å². The Morgan fingerprint density at radius 3 is 3.08 bits per heavy atom. The SMILES string of the molecule is NC(CNC(=O)c1cnn(CCc2ccc3c(n2)NCCC3)c1)C(=O)O. The molecule has 138 valence electrons. The van der Waals surface area contributed by atoms with Gasteiger partial charge in [-0.15, -0.1) is 0 Å². The van der Waals surface area contributed by atoms with E-state index in [1.165, 1.54) is 11.8 Å². The molecule has 0 bridgehead atoms. The molecule has 1 amide bonds. The molecule has 1 aliphatic rings. The molecule has 26 heavy (non-hydrogen) atoms. The van der Waals surface area contributed by atoms with Gasteiger partial charge in [0.1, 0.15) is 11.9 Å². The fourth-order valence-corrected chi connectivity index (χ4v) is 2.73. The van der Waals surface area contributed by atoms with Crippen molar-refractivity contribution in [1.82, 2.24) is 20.1 Å². The Bertz CT molecular complexity index is 804. The van der Waals surface area contributed by atoms with Crippen LogP contribution in [-0.2, 0) is 24.2 Å². The second-order valence-corrected chi connectivity index (χ2v) is 6.24. The number of amides is 1. The summed E-state index contributed by atoms with van der Waals surface area (Å²) in [5.74, 6) is -0.596. The zero-order chi connectivity index (χ0) is 18.5. The number of rotatable bonds is 7. The minimum absolute atomic E-state index is 0.134. The number of hydrogen-bond acceptors (Lipinski definition) is 6. The summed E-state index contributed by atoms with van der Waals surface area (Å²) in [6.07, 6.45) is 5.95. The van der Waals surface area contributed by atoms with E-state index < -0.39 is 17.9 Å². The molecule has 0 radical (unpaired) electrons. The van der Waals surface area contributed by atoms with Crippen LogP contribution in [0.3, 0.4) is 0 Å². The molecule has 2 aromatic rings. The maximum absolute atomic E-state index is 12.0. The molecular formula is C17H22N6O3. The number of aryl methyl sites for hydroxylation is 3. The Morgan fingerprint density at radius 2 is 2.27 bits per heavy atom. The number of aliphatic carboxylic acids is 1. The molecule has 1 atom stereocenters. The number of nitrogens with one attached hydrogen (secondary N) is 2. The number of hydrogen-bond donors (Lipinski definition) is 4. The predicted molar refractivity (Wildman–Crippen MR) is 94.9 cm³/mol. The first-order chi connectivity index (χ1) is 12.5. The van der Waals surface area contributed by atoms with Crippen LogP contribution in [-0.4, -0.2) is 50.9 Å². The van der Waals surface area contributed by atoms with E-state index >= 15 is 0 Å². The number of carboxylic acids is 1.